The molecule has 3 rings (SSSR count). The lowest BCUT2D eigenvalue weighted by atomic mass is 9.87. The summed E-state index contributed by atoms with van der Waals surface area (Å²) in [7, 11) is 0. The third kappa shape index (κ3) is 1.21. The van der Waals surface area contributed by atoms with Crippen LogP contribution in [-0.2, 0) is 19.3 Å². The fourth-order valence-corrected chi connectivity index (χ4v) is 2.53. The van der Waals surface area contributed by atoms with E-state index in [9.17, 15) is 0 Å². The molecule has 0 aromatic carbocycles. The molecule has 0 radical (unpaired) electrons. The van der Waals surface area contributed by atoms with Gasteiger partial charge in [0.2, 0.25) is 0 Å². The molecule has 1 aromatic rings. The van der Waals surface area contributed by atoms with Crippen LogP contribution in [0.2, 0.25) is 0 Å². The highest BCUT2D eigenvalue weighted by atomic mass is 15.0. The van der Waals surface area contributed by atoms with E-state index in [2.05, 4.69) is 18.3 Å². The topological polar surface area (TPSA) is 24.9 Å². The average molecular weight is 188 g/mol. The van der Waals surface area contributed by atoms with E-state index in [1.807, 2.05) is 0 Å². The van der Waals surface area contributed by atoms with Crippen molar-refractivity contribution in [3.8, 4) is 0 Å². The van der Waals surface area contributed by atoms with Crippen LogP contribution in [0.25, 0.3) is 0 Å². The molecule has 0 bridgehead atoms. The van der Waals surface area contributed by atoms with Crippen molar-refractivity contribution in [3.63, 3.8) is 0 Å². The number of rotatable bonds is 0. The van der Waals surface area contributed by atoms with Crippen LogP contribution in [0.4, 0.5) is 5.82 Å². The number of nitrogens with zero attached hydrogens (tertiary/aromatic N) is 1. The van der Waals surface area contributed by atoms with Crippen molar-refractivity contribution >= 4 is 5.82 Å². The van der Waals surface area contributed by atoms with E-state index in [4.69, 9.17) is 4.98 Å². The van der Waals surface area contributed by atoms with Gasteiger partial charge < -0.3 is 5.32 Å². The quantitative estimate of drug-likeness (QED) is 0.675. The Morgan fingerprint density at radius 3 is 3.21 bits per heavy atom. The highest BCUT2D eigenvalue weighted by Gasteiger charge is 2.20. The van der Waals surface area contributed by atoms with Crippen LogP contribution in [0.3, 0.4) is 0 Å². The second-order valence-corrected chi connectivity index (χ2v) is 4.63. The summed E-state index contributed by atoms with van der Waals surface area (Å²) in [5.41, 5.74) is 4.28. The second-order valence-electron chi connectivity index (χ2n) is 4.63. The van der Waals surface area contributed by atoms with Crippen molar-refractivity contribution in [1.82, 2.24) is 4.98 Å². The Hall–Kier alpha value is -1.05. The molecule has 1 aromatic heterocycles. The molecule has 0 saturated heterocycles. The van der Waals surface area contributed by atoms with Gasteiger partial charge in [0.05, 0.1) is 0 Å². The van der Waals surface area contributed by atoms with Crippen molar-refractivity contribution in [1.29, 1.82) is 0 Å². The number of anilines is 1. The molecule has 1 atom stereocenters. The van der Waals surface area contributed by atoms with Crippen LogP contribution in [0.1, 0.15) is 30.2 Å². The van der Waals surface area contributed by atoms with Gasteiger partial charge in [-0.05, 0) is 42.7 Å². The van der Waals surface area contributed by atoms with Gasteiger partial charge in [-0.25, -0.2) is 4.98 Å². The molecule has 0 fully saturated rings. The molecule has 1 unspecified atom stereocenters. The van der Waals surface area contributed by atoms with Crippen molar-refractivity contribution in [3.05, 3.63) is 22.9 Å². The minimum atomic E-state index is 0.814. The lowest BCUT2D eigenvalue weighted by Crippen LogP contribution is -2.13. The zero-order valence-corrected chi connectivity index (χ0v) is 8.64. The van der Waals surface area contributed by atoms with Gasteiger partial charge in [0, 0.05) is 12.2 Å². The summed E-state index contributed by atoms with van der Waals surface area (Å²) in [6.45, 7) is 3.39. The van der Waals surface area contributed by atoms with Crippen LogP contribution in [0, 0.1) is 5.92 Å². The van der Waals surface area contributed by atoms with E-state index in [0.29, 0.717) is 0 Å². The van der Waals surface area contributed by atoms with E-state index in [-0.39, 0.29) is 0 Å². The van der Waals surface area contributed by atoms with Crippen LogP contribution < -0.4 is 5.32 Å². The Labute approximate surface area is 84.7 Å². The Morgan fingerprint density at radius 1 is 1.36 bits per heavy atom. The first-order chi connectivity index (χ1) is 6.83. The number of nitrogens with one attached hydrogen (secondary N) is 1. The molecule has 2 aliphatic rings. The fraction of sp³-hybridized carbons (Fsp3) is 0.583. The number of pyridine rings is 1. The van der Waals surface area contributed by atoms with E-state index in [1.165, 1.54) is 36.1 Å². The fourth-order valence-electron chi connectivity index (χ4n) is 2.53. The Morgan fingerprint density at radius 2 is 2.29 bits per heavy atom. The SMILES string of the molecule is CC1CCc2cc3c(nc2C1)NCC3. The molecule has 2 heteroatoms. The van der Waals surface area contributed by atoms with Gasteiger partial charge >= 0.3 is 0 Å². The Balaban J connectivity index is 2.06. The molecule has 1 aliphatic heterocycles. The number of hydrogen-bond donors (Lipinski definition) is 1. The molecule has 0 saturated carbocycles. The van der Waals surface area contributed by atoms with Crippen molar-refractivity contribution in [2.75, 3.05) is 11.9 Å². The predicted octanol–water partition coefficient (Wildman–Crippen LogP) is 2.17. The van der Waals surface area contributed by atoms with Gasteiger partial charge in [-0.1, -0.05) is 13.0 Å². The van der Waals surface area contributed by atoms with E-state index in [0.717, 1.165) is 24.7 Å². The zero-order valence-electron chi connectivity index (χ0n) is 8.64. The highest BCUT2D eigenvalue weighted by molar-refractivity contribution is 5.52. The van der Waals surface area contributed by atoms with Gasteiger partial charge in [0.15, 0.2) is 0 Å². The third-order valence-electron chi connectivity index (χ3n) is 3.41. The highest BCUT2D eigenvalue weighted by Crippen LogP contribution is 2.29. The first kappa shape index (κ1) is 8.27. The number of aromatic nitrogens is 1. The first-order valence-electron chi connectivity index (χ1n) is 5.58. The minimum absolute atomic E-state index is 0.814. The average Bonchev–Trinajstić information content (AvgIpc) is 2.61. The molecule has 2 nitrogen and oxygen atoms in total. The third-order valence-corrected chi connectivity index (χ3v) is 3.41. The smallest absolute Gasteiger partial charge is 0.129 e. The summed E-state index contributed by atoms with van der Waals surface area (Å²) in [5.74, 6) is 1.97. The molecular formula is C12H16N2. The summed E-state index contributed by atoms with van der Waals surface area (Å²) in [6.07, 6.45) is 4.90. The maximum Gasteiger partial charge on any atom is 0.129 e. The summed E-state index contributed by atoms with van der Waals surface area (Å²) in [5, 5.41) is 3.35. The van der Waals surface area contributed by atoms with Crippen molar-refractivity contribution in [2.24, 2.45) is 5.92 Å². The normalized spacial score (nSPS) is 23.9. The number of aryl methyl sites for hydroxylation is 1. The van der Waals surface area contributed by atoms with Crippen molar-refractivity contribution in [2.45, 2.75) is 32.6 Å². The molecular weight excluding hydrogens is 172 g/mol. The van der Waals surface area contributed by atoms with Gasteiger partial charge in [-0.15, -0.1) is 0 Å². The van der Waals surface area contributed by atoms with E-state index in [1.54, 1.807) is 0 Å². The summed E-state index contributed by atoms with van der Waals surface area (Å²) in [4.78, 5) is 4.73. The minimum Gasteiger partial charge on any atom is -0.370 e. The van der Waals surface area contributed by atoms with Crippen LogP contribution in [0.5, 0.6) is 0 Å². The Bertz CT molecular complexity index is 371. The molecule has 14 heavy (non-hydrogen) atoms. The molecule has 2 heterocycles. The monoisotopic (exact) mass is 188 g/mol. The largest absolute Gasteiger partial charge is 0.370 e. The van der Waals surface area contributed by atoms with Gasteiger partial charge in [0.25, 0.3) is 0 Å². The van der Waals surface area contributed by atoms with Gasteiger partial charge in [0.1, 0.15) is 5.82 Å². The predicted molar refractivity (Wildman–Crippen MR) is 57.6 cm³/mol. The van der Waals surface area contributed by atoms with E-state index >= 15 is 0 Å². The summed E-state index contributed by atoms with van der Waals surface area (Å²) in [6, 6.07) is 2.38. The van der Waals surface area contributed by atoms with Gasteiger partial charge in [-0.2, -0.15) is 0 Å². The molecule has 0 spiro atoms. The number of fused-ring (bicyclic) bond motifs is 2. The lowest BCUT2D eigenvalue weighted by Gasteiger charge is -2.21. The van der Waals surface area contributed by atoms with Gasteiger partial charge in [-0.3, -0.25) is 0 Å². The van der Waals surface area contributed by atoms with Crippen molar-refractivity contribution < 1.29 is 0 Å². The number of hydrogen-bond acceptors (Lipinski definition) is 2. The van der Waals surface area contributed by atoms with Crippen LogP contribution in [-0.4, -0.2) is 11.5 Å². The molecule has 1 N–H and O–H groups in total. The Kier molecular flexibility index (Phi) is 1.76. The molecule has 74 valence electrons. The zero-order chi connectivity index (χ0) is 9.54. The summed E-state index contributed by atoms with van der Waals surface area (Å²) >= 11 is 0. The van der Waals surface area contributed by atoms with Crippen LogP contribution >= 0.6 is 0 Å². The maximum absolute atomic E-state index is 4.73. The summed E-state index contributed by atoms with van der Waals surface area (Å²) < 4.78 is 0. The first-order valence-corrected chi connectivity index (χ1v) is 5.58. The van der Waals surface area contributed by atoms with E-state index < -0.39 is 0 Å². The lowest BCUT2D eigenvalue weighted by molar-refractivity contribution is 0.492. The maximum atomic E-state index is 4.73. The molecule has 0 amide bonds. The molecule has 1 aliphatic carbocycles. The van der Waals surface area contributed by atoms with Crippen LogP contribution in [0.15, 0.2) is 6.07 Å². The standard InChI is InChI=1S/C12H16N2/c1-8-2-3-9-7-10-4-5-13-12(10)14-11(9)6-8/h7-8H,2-6H2,1H3,(H,13,14). The second kappa shape index (κ2) is 2.97.